The third-order valence-corrected chi connectivity index (χ3v) is 2.14. The maximum atomic E-state index is 13.4. The van der Waals surface area contributed by atoms with Gasteiger partial charge in [0, 0.05) is 11.6 Å². The van der Waals surface area contributed by atoms with E-state index in [0.29, 0.717) is 17.7 Å². The highest BCUT2D eigenvalue weighted by molar-refractivity contribution is 5.74. The molecule has 0 fully saturated rings. The Morgan fingerprint density at radius 1 is 1.47 bits per heavy atom. The third-order valence-electron chi connectivity index (χ3n) is 2.14. The van der Waals surface area contributed by atoms with E-state index in [4.69, 9.17) is 9.26 Å². The fourth-order valence-electron chi connectivity index (χ4n) is 1.35. The first kappa shape index (κ1) is 11.3. The van der Waals surface area contributed by atoms with Gasteiger partial charge in [-0.05, 0) is 25.1 Å². The fourth-order valence-corrected chi connectivity index (χ4v) is 1.35. The van der Waals surface area contributed by atoms with E-state index in [1.54, 1.807) is 13.0 Å². The molecule has 0 atom stereocenters. The van der Waals surface area contributed by atoms with Gasteiger partial charge in [0.2, 0.25) is 0 Å². The Morgan fingerprint density at radius 3 is 2.88 bits per heavy atom. The van der Waals surface area contributed by atoms with E-state index in [2.05, 4.69) is 5.16 Å². The summed E-state index contributed by atoms with van der Waals surface area (Å²) in [5.41, 5.74) is 0.855. The number of aromatic nitrogens is 1. The number of halogens is 1. The molecule has 1 aromatic heterocycles. The van der Waals surface area contributed by atoms with E-state index < -0.39 is 5.82 Å². The Morgan fingerprint density at radius 2 is 2.29 bits per heavy atom. The number of carbonyl (C=O) groups excluding carboxylic acids is 1. The Labute approximate surface area is 97.0 Å². The fraction of sp³-hybridized carbons (Fsp3) is 0.167. The zero-order valence-corrected chi connectivity index (χ0v) is 9.14. The molecular weight excluding hydrogens is 225 g/mol. The topological polar surface area (TPSA) is 52.3 Å². The number of aryl methyl sites for hydroxylation is 1. The van der Waals surface area contributed by atoms with Crippen LogP contribution in [0.2, 0.25) is 0 Å². The second-order valence-corrected chi connectivity index (χ2v) is 3.53. The van der Waals surface area contributed by atoms with Gasteiger partial charge in [-0.3, -0.25) is 4.79 Å². The van der Waals surface area contributed by atoms with E-state index in [1.165, 1.54) is 12.1 Å². The minimum Gasteiger partial charge on any atom is -0.484 e. The van der Waals surface area contributed by atoms with Crippen molar-refractivity contribution in [3.05, 3.63) is 47.1 Å². The Kier molecular flexibility index (Phi) is 3.18. The number of benzene rings is 1. The van der Waals surface area contributed by atoms with Gasteiger partial charge in [0.15, 0.2) is 11.6 Å². The molecular formula is C12H10FNO3. The van der Waals surface area contributed by atoms with Crippen molar-refractivity contribution in [2.75, 3.05) is 0 Å². The van der Waals surface area contributed by atoms with Crippen molar-refractivity contribution in [2.45, 2.75) is 13.5 Å². The van der Waals surface area contributed by atoms with Crippen LogP contribution in [0.25, 0.3) is 0 Å². The second-order valence-electron chi connectivity index (χ2n) is 3.53. The number of hydrogen-bond donors (Lipinski definition) is 0. The minimum absolute atomic E-state index is 0.0799. The predicted molar refractivity (Wildman–Crippen MR) is 57.4 cm³/mol. The van der Waals surface area contributed by atoms with Crippen LogP contribution in [0.3, 0.4) is 0 Å². The van der Waals surface area contributed by atoms with Gasteiger partial charge in [0.25, 0.3) is 0 Å². The summed E-state index contributed by atoms with van der Waals surface area (Å²) in [7, 11) is 0. The molecule has 88 valence electrons. The SMILES string of the molecule is Cc1cc(COc2ccc(C=O)cc2F)no1. The first-order valence-corrected chi connectivity index (χ1v) is 4.99. The smallest absolute Gasteiger partial charge is 0.165 e. The normalized spacial score (nSPS) is 10.2. The number of carbonyl (C=O) groups is 1. The summed E-state index contributed by atoms with van der Waals surface area (Å²) in [5, 5.41) is 3.72. The van der Waals surface area contributed by atoms with Crippen LogP contribution in [0, 0.1) is 12.7 Å². The highest BCUT2D eigenvalue weighted by Crippen LogP contribution is 2.18. The molecule has 0 aliphatic heterocycles. The average molecular weight is 235 g/mol. The van der Waals surface area contributed by atoms with Crippen LogP contribution < -0.4 is 4.74 Å². The minimum atomic E-state index is -0.574. The maximum Gasteiger partial charge on any atom is 0.165 e. The Balaban J connectivity index is 2.06. The summed E-state index contributed by atoms with van der Waals surface area (Å²) in [5.74, 6) is 0.173. The van der Waals surface area contributed by atoms with E-state index in [0.717, 1.165) is 6.07 Å². The summed E-state index contributed by atoms with van der Waals surface area (Å²) in [6.45, 7) is 1.88. The van der Waals surface area contributed by atoms with Gasteiger partial charge in [-0.1, -0.05) is 5.16 Å². The van der Waals surface area contributed by atoms with Crippen molar-refractivity contribution in [1.29, 1.82) is 0 Å². The highest BCUT2D eigenvalue weighted by atomic mass is 19.1. The molecule has 2 rings (SSSR count). The summed E-state index contributed by atoms with van der Waals surface area (Å²) in [6, 6.07) is 5.72. The molecule has 1 aromatic carbocycles. The van der Waals surface area contributed by atoms with Crippen LogP contribution in [0.1, 0.15) is 21.8 Å². The molecule has 1 heterocycles. The summed E-state index contributed by atoms with van der Waals surface area (Å²) in [4.78, 5) is 10.4. The van der Waals surface area contributed by atoms with Crippen molar-refractivity contribution >= 4 is 6.29 Å². The number of nitrogens with zero attached hydrogens (tertiary/aromatic N) is 1. The van der Waals surface area contributed by atoms with E-state index in [9.17, 15) is 9.18 Å². The molecule has 17 heavy (non-hydrogen) atoms. The lowest BCUT2D eigenvalue weighted by Crippen LogP contribution is -1.98. The van der Waals surface area contributed by atoms with Crippen molar-refractivity contribution in [1.82, 2.24) is 5.16 Å². The average Bonchev–Trinajstić information content (AvgIpc) is 2.73. The van der Waals surface area contributed by atoms with Gasteiger partial charge in [0.05, 0.1) is 0 Å². The number of hydrogen-bond acceptors (Lipinski definition) is 4. The quantitative estimate of drug-likeness (QED) is 0.764. The van der Waals surface area contributed by atoms with Crippen molar-refractivity contribution in [2.24, 2.45) is 0 Å². The molecule has 0 aliphatic rings. The van der Waals surface area contributed by atoms with Gasteiger partial charge in [-0.25, -0.2) is 4.39 Å². The first-order valence-electron chi connectivity index (χ1n) is 4.99. The van der Waals surface area contributed by atoms with E-state index in [1.807, 2.05) is 0 Å². The first-order chi connectivity index (χ1) is 8.19. The molecule has 0 aliphatic carbocycles. The van der Waals surface area contributed by atoms with Crippen LogP contribution in [0.5, 0.6) is 5.75 Å². The molecule has 4 nitrogen and oxygen atoms in total. The largest absolute Gasteiger partial charge is 0.484 e. The molecule has 0 amide bonds. The molecule has 0 saturated heterocycles. The standard InChI is InChI=1S/C12H10FNO3/c1-8-4-10(14-17-8)7-16-12-3-2-9(6-15)5-11(12)13/h2-6H,7H2,1H3. The van der Waals surface area contributed by atoms with Crippen LogP contribution in [0.15, 0.2) is 28.8 Å². The lowest BCUT2D eigenvalue weighted by atomic mass is 10.2. The van der Waals surface area contributed by atoms with Crippen LogP contribution in [-0.2, 0) is 6.61 Å². The molecule has 2 aromatic rings. The second kappa shape index (κ2) is 4.78. The predicted octanol–water partition coefficient (Wildman–Crippen LogP) is 2.51. The highest BCUT2D eigenvalue weighted by Gasteiger charge is 2.06. The van der Waals surface area contributed by atoms with Crippen LogP contribution in [0.4, 0.5) is 4.39 Å². The van der Waals surface area contributed by atoms with E-state index >= 15 is 0 Å². The Hall–Kier alpha value is -2.17. The van der Waals surface area contributed by atoms with Crippen molar-refractivity contribution in [3.63, 3.8) is 0 Å². The van der Waals surface area contributed by atoms with Crippen molar-refractivity contribution in [3.8, 4) is 5.75 Å². The third kappa shape index (κ3) is 2.69. The zero-order valence-electron chi connectivity index (χ0n) is 9.14. The van der Waals surface area contributed by atoms with Gasteiger partial charge in [0.1, 0.15) is 24.3 Å². The molecule has 0 saturated carbocycles. The van der Waals surface area contributed by atoms with E-state index in [-0.39, 0.29) is 17.9 Å². The van der Waals surface area contributed by atoms with Crippen LogP contribution in [-0.4, -0.2) is 11.4 Å². The molecule has 0 spiro atoms. The van der Waals surface area contributed by atoms with Gasteiger partial charge in [-0.2, -0.15) is 0 Å². The molecule has 0 N–H and O–H groups in total. The molecule has 0 radical (unpaired) electrons. The lowest BCUT2D eigenvalue weighted by molar-refractivity contribution is 0.112. The van der Waals surface area contributed by atoms with Crippen molar-refractivity contribution < 1.29 is 18.4 Å². The summed E-state index contributed by atoms with van der Waals surface area (Å²) in [6.07, 6.45) is 0.577. The number of aldehydes is 1. The lowest BCUT2D eigenvalue weighted by Gasteiger charge is -2.05. The summed E-state index contributed by atoms with van der Waals surface area (Å²) < 4.78 is 23.5. The number of rotatable bonds is 4. The zero-order chi connectivity index (χ0) is 12.3. The van der Waals surface area contributed by atoms with Crippen LogP contribution >= 0.6 is 0 Å². The van der Waals surface area contributed by atoms with Gasteiger partial charge < -0.3 is 9.26 Å². The number of ether oxygens (including phenoxy) is 1. The Bertz CT molecular complexity index is 536. The summed E-state index contributed by atoms with van der Waals surface area (Å²) >= 11 is 0. The molecule has 0 bridgehead atoms. The maximum absolute atomic E-state index is 13.4. The van der Waals surface area contributed by atoms with Gasteiger partial charge >= 0.3 is 0 Å². The monoisotopic (exact) mass is 235 g/mol. The molecule has 0 unspecified atom stereocenters. The molecule has 5 heteroatoms. The van der Waals surface area contributed by atoms with Gasteiger partial charge in [-0.15, -0.1) is 0 Å².